The average molecular weight is 588 g/mol. The van der Waals surface area contributed by atoms with E-state index in [0.29, 0.717) is 12.8 Å². The Bertz CT molecular complexity index is 1100. The summed E-state index contributed by atoms with van der Waals surface area (Å²) >= 11 is 0. The minimum atomic E-state index is -2.06. The zero-order valence-corrected chi connectivity index (χ0v) is 25.8. The third-order valence-corrected chi connectivity index (χ3v) is 6.43. The van der Waals surface area contributed by atoms with E-state index < -0.39 is 58.7 Å². The number of amides is 3. The number of benzene rings is 1. The summed E-state index contributed by atoms with van der Waals surface area (Å²) in [6, 6.07) is 6.06. The number of nitrogens with two attached hydrogens (primary N) is 3. The number of hydrogen-bond donors (Lipinski definition) is 5. The van der Waals surface area contributed by atoms with Crippen molar-refractivity contribution < 1.29 is 28.7 Å². The second-order valence-electron chi connectivity index (χ2n) is 12.0. The van der Waals surface area contributed by atoms with Gasteiger partial charge in [-0.3, -0.25) is 24.0 Å². The molecule has 8 N–H and O–H groups in total. The van der Waals surface area contributed by atoms with Crippen LogP contribution in [0.4, 0.5) is 0 Å². The van der Waals surface area contributed by atoms with E-state index in [0.717, 1.165) is 5.56 Å². The van der Waals surface area contributed by atoms with Crippen molar-refractivity contribution in [3.05, 3.63) is 42.0 Å². The van der Waals surface area contributed by atoms with Crippen LogP contribution in [0.15, 0.2) is 36.4 Å². The van der Waals surface area contributed by atoms with Crippen molar-refractivity contribution in [3.63, 3.8) is 0 Å². The fourth-order valence-corrected chi connectivity index (χ4v) is 4.16. The molecule has 3 amide bonds. The zero-order valence-electron chi connectivity index (χ0n) is 25.8. The van der Waals surface area contributed by atoms with Gasteiger partial charge in [-0.1, -0.05) is 63.6 Å². The van der Waals surface area contributed by atoms with Crippen molar-refractivity contribution in [2.24, 2.45) is 23.1 Å². The van der Waals surface area contributed by atoms with Crippen molar-refractivity contribution in [2.45, 2.75) is 109 Å². The van der Waals surface area contributed by atoms with Gasteiger partial charge >= 0.3 is 5.97 Å². The molecule has 0 fully saturated rings. The number of carbonyl (C=O) groups is 5. The maximum absolute atomic E-state index is 13.6. The molecule has 1 aromatic rings. The minimum absolute atomic E-state index is 0.0831. The summed E-state index contributed by atoms with van der Waals surface area (Å²) in [6.07, 6.45) is 3.97. The van der Waals surface area contributed by atoms with E-state index in [1.54, 1.807) is 51.1 Å². The van der Waals surface area contributed by atoms with Crippen LogP contribution in [0.25, 0.3) is 6.08 Å². The van der Waals surface area contributed by atoms with E-state index in [4.69, 9.17) is 21.9 Å². The van der Waals surface area contributed by atoms with Gasteiger partial charge < -0.3 is 32.6 Å². The van der Waals surface area contributed by atoms with E-state index in [2.05, 4.69) is 10.6 Å². The van der Waals surface area contributed by atoms with E-state index >= 15 is 0 Å². The highest BCUT2D eigenvalue weighted by Gasteiger charge is 2.42. The third-order valence-electron chi connectivity index (χ3n) is 6.43. The summed E-state index contributed by atoms with van der Waals surface area (Å²) in [4.78, 5) is 64.4. The molecule has 0 saturated carbocycles. The first-order chi connectivity index (χ1) is 19.5. The molecule has 4 atom stereocenters. The Labute approximate surface area is 249 Å². The fourth-order valence-electron chi connectivity index (χ4n) is 4.16. The lowest BCUT2D eigenvalue weighted by atomic mass is 9.86. The zero-order chi connectivity index (χ0) is 32.1. The fraction of sp³-hybridized carbons (Fsp3) is 0.581. The predicted octanol–water partition coefficient (Wildman–Crippen LogP) is 2.11. The highest BCUT2D eigenvalue weighted by atomic mass is 16.6. The summed E-state index contributed by atoms with van der Waals surface area (Å²) in [5.41, 5.74) is 15.9. The molecule has 11 nitrogen and oxygen atoms in total. The molecule has 0 aromatic heterocycles. The van der Waals surface area contributed by atoms with Gasteiger partial charge in [0.05, 0.1) is 0 Å². The first-order valence-electron chi connectivity index (χ1n) is 14.5. The van der Waals surface area contributed by atoms with Crippen molar-refractivity contribution in [1.29, 1.82) is 0 Å². The second-order valence-corrected chi connectivity index (χ2v) is 12.0. The predicted molar refractivity (Wildman–Crippen MR) is 162 cm³/mol. The lowest BCUT2D eigenvalue weighted by Gasteiger charge is -2.29. The molecular formula is C31H49N5O6. The van der Waals surface area contributed by atoms with Gasteiger partial charge in [0.15, 0.2) is 11.3 Å². The topological polar surface area (TPSA) is 197 Å². The van der Waals surface area contributed by atoms with Gasteiger partial charge in [0.1, 0.15) is 23.7 Å². The Balaban J connectivity index is 3.19. The number of esters is 1. The molecule has 0 heterocycles. The molecule has 11 heteroatoms. The third kappa shape index (κ3) is 12.5. The van der Waals surface area contributed by atoms with Crippen LogP contribution in [0, 0.1) is 5.92 Å². The van der Waals surface area contributed by atoms with Crippen LogP contribution in [0.3, 0.4) is 0 Å². The van der Waals surface area contributed by atoms with Crippen LogP contribution in [0.1, 0.15) is 85.6 Å². The van der Waals surface area contributed by atoms with Crippen molar-refractivity contribution in [1.82, 2.24) is 10.6 Å². The Hall–Kier alpha value is -3.57. The Morgan fingerprint density at radius 1 is 0.976 bits per heavy atom. The van der Waals surface area contributed by atoms with E-state index in [1.165, 1.54) is 6.08 Å². The maximum Gasteiger partial charge on any atom is 0.323 e. The standard InChI is InChI=1S/C31H49N5O6/c1-7-12-23(27(39)35-24(26(33)38)19-20(2)3)36-29(41)31(34,25(37)17-16-21-13-9-8-10-14-21)18-11-15-22(32)28(40)42-30(4,5)6/h8-10,13-14,16-17,20,22-24H,7,11-12,15,18-19,32,34H2,1-6H3,(H2,33,38)(H,35,39)(H,36,41)/t22?,23-,24-,31+/m0/s1. The largest absolute Gasteiger partial charge is 0.459 e. The summed E-state index contributed by atoms with van der Waals surface area (Å²) < 4.78 is 5.31. The van der Waals surface area contributed by atoms with Crippen LogP contribution in [0.2, 0.25) is 0 Å². The normalized spacial score (nSPS) is 15.4. The van der Waals surface area contributed by atoms with Gasteiger partial charge in [-0.05, 0) is 70.4 Å². The molecule has 42 heavy (non-hydrogen) atoms. The van der Waals surface area contributed by atoms with Gasteiger partial charge in [-0.25, -0.2) is 0 Å². The molecule has 0 bridgehead atoms. The highest BCUT2D eigenvalue weighted by molar-refractivity contribution is 6.16. The number of ether oxygens (including phenoxy) is 1. The lowest BCUT2D eigenvalue weighted by molar-refractivity contribution is -0.156. The molecule has 1 aromatic carbocycles. The number of nitrogens with one attached hydrogen (secondary N) is 2. The van der Waals surface area contributed by atoms with E-state index in [1.807, 2.05) is 26.8 Å². The van der Waals surface area contributed by atoms with Crippen LogP contribution < -0.4 is 27.8 Å². The van der Waals surface area contributed by atoms with Crippen molar-refractivity contribution >= 4 is 35.6 Å². The van der Waals surface area contributed by atoms with Crippen molar-refractivity contribution in [3.8, 4) is 0 Å². The van der Waals surface area contributed by atoms with Gasteiger partial charge in [0.25, 0.3) is 0 Å². The van der Waals surface area contributed by atoms with Gasteiger partial charge in [-0.15, -0.1) is 0 Å². The van der Waals surface area contributed by atoms with Gasteiger partial charge in [-0.2, -0.15) is 0 Å². The number of ketones is 1. The quantitative estimate of drug-likeness (QED) is 0.104. The maximum atomic E-state index is 13.6. The number of carbonyl (C=O) groups excluding carboxylic acids is 5. The average Bonchev–Trinajstić information content (AvgIpc) is 2.89. The SMILES string of the molecule is CCC[C@H](NC(=O)[C@@](N)(CCCC(N)C(=O)OC(C)(C)C)C(=O)C=Cc1ccccc1)C(=O)N[C@@H](CC(C)C)C(N)=O. The van der Waals surface area contributed by atoms with Gasteiger partial charge in [0.2, 0.25) is 17.7 Å². The molecule has 0 radical (unpaired) electrons. The molecule has 0 aliphatic heterocycles. The van der Waals surface area contributed by atoms with Crippen LogP contribution >= 0.6 is 0 Å². The first-order valence-corrected chi connectivity index (χ1v) is 14.5. The molecule has 1 rings (SSSR count). The first kappa shape index (κ1) is 36.5. The highest BCUT2D eigenvalue weighted by Crippen LogP contribution is 2.19. The Morgan fingerprint density at radius 2 is 1.60 bits per heavy atom. The summed E-state index contributed by atoms with van der Waals surface area (Å²) in [5, 5.41) is 5.24. The molecule has 1 unspecified atom stereocenters. The Morgan fingerprint density at radius 3 is 2.12 bits per heavy atom. The smallest absolute Gasteiger partial charge is 0.323 e. The molecule has 0 aliphatic carbocycles. The summed E-state index contributed by atoms with van der Waals surface area (Å²) in [7, 11) is 0. The summed E-state index contributed by atoms with van der Waals surface area (Å²) in [5.74, 6) is -3.34. The minimum Gasteiger partial charge on any atom is -0.459 e. The summed E-state index contributed by atoms with van der Waals surface area (Å²) in [6.45, 7) is 10.8. The molecular weight excluding hydrogens is 538 g/mol. The molecule has 234 valence electrons. The monoisotopic (exact) mass is 587 g/mol. The number of rotatable bonds is 17. The number of hydrogen-bond acceptors (Lipinski definition) is 8. The second kappa shape index (κ2) is 16.8. The van der Waals surface area contributed by atoms with Crippen LogP contribution in [0.5, 0.6) is 0 Å². The van der Waals surface area contributed by atoms with Crippen molar-refractivity contribution in [2.75, 3.05) is 0 Å². The molecule has 0 aliphatic rings. The van der Waals surface area contributed by atoms with Crippen LogP contribution in [-0.4, -0.2) is 58.7 Å². The van der Waals surface area contributed by atoms with E-state index in [-0.39, 0.29) is 31.6 Å². The van der Waals surface area contributed by atoms with Gasteiger partial charge in [0, 0.05) is 0 Å². The lowest BCUT2D eigenvalue weighted by Crippen LogP contribution is -2.63. The number of primary amides is 1. The molecule has 0 saturated heterocycles. The Kier molecular flexibility index (Phi) is 14.6. The molecule has 0 spiro atoms. The van der Waals surface area contributed by atoms with Crippen LogP contribution in [-0.2, 0) is 28.7 Å². The van der Waals surface area contributed by atoms with E-state index in [9.17, 15) is 24.0 Å².